The first-order valence-corrected chi connectivity index (χ1v) is 9.70. The van der Waals surface area contributed by atoms with E-state index in [0.717, 1.165) is 6.42 Å². The lowest BCUT2D eigenvalue weighted by Gasteiger charge is -2.08. The number of hydrogen-bond donors (Lipinski definition) is 2. The molecule has 0 radical (unpaired) electrons. The second kappa shape index (κ2) is 7.63. The fraction of sp³-hybridized carbons (Fsp3) is 0.208. The predicted octanol–water partition coefficient (Wildman–Crippen LogP) is 4.06. The van der Waals surface area contributed by atoms with E-state index in [0.29, 0.717) is 22.6 Å². The molecule has 1 aromatic heterocycles. The largest absolute Gasteiger partial charge is 0.465 e. The highest BCUT2D eigenvalue weighted by atomic mass is 16.5. The van der Waals surface area contributed by atoms with Gasteiger partial charge in [-0.05, 0) is 53.3 Å². The molecule has 1 aliphatic rings. The molecular formula is C24H22N2O4. The Balaban J connectivity index is 1.55. The average Bonchev–Trinajstić information content (AvgIpc) is 3.24. The number of H-pyrrole nitrogens is 1. The minimum atomic E-state index is -0.575. The van der Waals surface area contributed by atoms with Gasteiger partial charge in [0.25, 0.3) is 0 Å². The number of aromatic amines is 1. The predicted molar refractivity (Wildman–Crippen MR) is 114 cm³/mol. The SMILES string of the molecule is COC(=O)c1c(CC(=O)Nc2ccc3c(c2)Cc2ccccc2-3)[nH]c(C(C)=O)c1C. The number of fused-ring (bicyclic) bond motifs is 3. The van der Waals surface area contributed by atoms with E-state index in [-0.39, 0.29) is 23.7 Å². The van der Waals surface area contributed by atoms with Gasteiger partial charge >= 0.3 is 5.97 Å². The zero-order valence-electron chi connectivity index (χ0n) is 17.1. The topological polar surface area (TPSA) is 88.3 Å². The number of rotatable bonds is 5. The summed E-state index contributed by atoms with van der Waals surface area (Å²) in [4.78, 5) is 39.6. The van der Waals surface area contributed by atoms with E-state index in [1.165, 1.54) is 36.3 Å². The van der Waals surface area contributed by atoms with Crippen LogP contribution < -0.4 is 5.32 Å². The van der Waals surface area contributed by atoms with Gasteiger partial charge in [-0.1, -0.05) is 30.3 Å². The molecule has 2 aromatic carbocycles. The highest BCUT2D eigenvalue weighted by molar-refractivity contribution is 6.02. The summed E-state index contributed by atoms with van der Waals surface area (Å²) in [6.07, 6.45) is 0.759. The zero-order valence-corrected chi connectivity index (χ0v) is 17.1. The van der Waals surface area contributed by atoms with Crippen LogP contribution in [-0.2, 0) is 22.4 Å². The molecule has 1 amide bonds. The van der Waals surface area contributed by atoms with E-state index in [9.17, 15) is 14.4 Å². The number of amides is 1. The van der Waals surface area contributed by atoms with E-state index < -0.39 is 5.97 Å². The van der Waals surface area contributed by atoms with E-state index in [4.69, 9.17) is 4.74 Å². The van der Waals surface area contributed by atoms with E-state index in [1.54, 1.807) is 6.92 Å². The Bertz CT molecular complexity index is 1190. The van der Waals surface area contributed by atoms with Gasteiger partial charge in [0.15, 0.2) is 5.78 Å². The summed E-state index contributed by atoms with van der Waals surface area (Å²) in [5.41, 5.74) is 6.96. The molecule has 0 bridgehead atoms. The molecule has 0 fully saturated rings. The van der Waals surface area contributed by atoms with Gasteiger partial charge in [-0.25, -0.2) is 4.79 Å². The summed E-state index contributed by atoms with van der Waals surface area (Å²) >= 11 is 0. The Labute approximate surface area is 174 Å². The van der Waals surface area contributed by atoms with Crippen LogP contribution in [-0.4, -0.2) is 29.8 Å². The van der Waals surface area contributed by atoms with E-state index in [2.05, 4.69) is 22.4 Å². The quantitative estimate of drug-likeness (QED) is 0.389. The Hall–Kier alpha value is -3.67. The molecule has 6 nitrogen and oxygen atoms in total. The van der Waals surface area contributed by atoms with Crippen LogP contribution in [0.3, 0.4) is 0 Å². The number of ketones is 1. The molecule has 0 unspecified atom stereocenters. The van der Waals surface area contributed by atoms with Gasteiger partial charge in [0.2, 0.25) is 5.91 Å². The molecule has 6 heteroatoms. The van der Waals surface area contributed by atoms with Gasteiger partial charge in [0.1, 0.15) is 0 Å². The second-order valence-corrected chi connectivity index (χ2v) is 7.46. The van der Waals surface area contributed by atoms with Crippen molar-refractivity contribution in [3.8, 4) is 11.1 Å². The van der Waals surface area contributed by atoms with Crippen molar-refractivity contribution in [1.82, 2.24) is 4.98 Å². The number of aromatic nitrogens is 1. The van der Waals surface area contributed by atoms with Crippen LogP contribution in [0.25, 0.3) is 11.1 Å². The van der Waals surface area contributed by atoms with Crippen molar-refractivity contribution >= 4 is 23.3 Å². The molecule has 0 atom stereocenters. The number of carbonyl (C=O) groups excluding carboxylic acids is 3. The molecule has 1 heterocycles. The number of nitrogens with one attached hydrogen (secondary N) is 2. The normalized spacial score (nSPS) is 11.6. The van der Waals surface area contributed by atoms with Gasteiger partial charge < -0.3 is 15.0 Å². The van der Waals surface area contributed by atoms with Crippen LogP contribution in [0.2, 0.25) is 0 Å². The lowest BCUT2D eigenvalue weighted by Crippen LogP contribution is -2.17. The average molecular weight is 402 g/mol. The minimum absolute atomic E-state index is 0.0735. The smallest absolute Gasteiger partial charge is 0.339 e. The van der Waals surface area contributed by atoms with Gasteiger partial charge in [-0.15, -0.1) is 0 Å². The van der Waals surface area contributed by atoms with Crippen LogP contribution in [0.4, 0.5) is 5.69 Å². The zero-order chi connectivity index (χ0) is 21.4. The maximum Gasteiger partial charge on any atom is 0.339 e. The third kappa shape index (κ3) is 3.41. The Morgan fingerprint density at radius 1 is 1.07 bits per heavy atom. The third-order valence-electron chi connectivity index (χ3n) is 5.48. The molecule has 152 valence electrons. The number of Topliss-reactive ketones (excluding diaryl/α,β-unsaturated/α-hetero) is 1. The van der Waals surface area contributed by atoms with Crippen molar-refractivity contribution in [2.75, 3.05) is 12.4 Å². The number of esters is 1. The van der Waals surface area contributed by atoms with Crippen LogP contribution in [0.1, 0.15) is 50.2 Å². The van der Waals surface area contributed by atoms with E-state index >= 15 is 0 Å². The second-order valence-electron chi connectivity index (χ2n) is 7.46. The lowest BCUT2D eigenvalue weighted by atomic mass is 10.1. The molecule has 3 aromatic rings. The molecule has 0 spiro atoms. The fourth-order valence-electron chi connectivity index (χ4n) is 4.11. The number of carbonyl (C=O) groups is 3. The molecule has 2 N–H and O–H groups in total. The summed E-state index contributed by atoms with van der Waals surface area (Å²) in [6, 6.07) is 14.1. The van der Waals surface area contributed by atoms with Crippen molar-refractivity contribution in [2.24, 2.45) is 0 Å². The van der Waals surface area contributed by atoms with Crippen LogP contribution >= 0.6 is 0 Å². The molecule has 1 aliphatic carbocycles. The summed E-state index contributed by atoms with van der Waals surface area (Å²) < 4.78 is 4.83. The summed E-state index contributed by atoms with van der Waals surface area (Å²) in [5, 5.41) is 2.89. The highest BCUT2D eigenvalue weighted by Crippen LogP contribution is 2.37. The first-order valence-electron chi connectivity index (χ1n) is 9.70. The fourth-order valence-corrected chi connectivity index (χ4v) is 4.11. The number of anilines is 1. The molecule has 30 heavy (non-hydrogen) atoms. The highest BCUT2D eigenvalue weighted by Gasteiger charge is 2.24. The van der Waals surface area contributed by atoms with Crippen molar-refractivity contribution < 1.29 is 19.1 Å². The molecule has 0 saturated carbocycles. The molecular weight excluding hydrogens is 380 g/mol. The maximum atomic E-state index is 12.7. The molecule has 0 aliphatic heterocycles. The van der Waals surface area contributed by atoms with Crippen molar-refractivity contribution in [1.29, 1.82) is 0 Å². The van der Waals surface area contributed by atoms with Gasteiger partial charge in [0, 0.05) is 18.3 Å². The summed E-state index contributed by atoms with van der Waals surface area (Å²) in [6.45, 7) is 3.07. The van der Waals surface area contributed by atoms with Gasteiger partial charge in [-0.3, -0.25) is 9.59 Å². The minimum Gasteiger partial charge on any atom is -0.465 e. The van der Waals surface area contributed by atoms with E-state index in [1.807, 2.05) is 30.3 Å². The Morgan fingerprint density at radius 2 is 1.80 bits per heavy atom. The summed E-state index contributed by atoms with van der Waals surface area (Å²) in [5.74, 6) is -1.07. The number of methoxy groups -OCH3 is 1. The lowest BCUT2D eigenvalue weighted by molar-refractivity contribution is -0.115. The van der Waals surface area contributed by atoms with Crippen LogP contribution in [0.5, 0.6) is 0 Å². The van der Waals surface area contributed by atoms with Crippen LogP contribution in [0, 0.1) is 6.92 Å². The van der Waals surface area contributed by atoms with Crippen molar-refractivity contribution in [2.45, 2.75) is 26.7 Å². The number of benzene rings is 2. The molecule has 4 rings (SSSR count). The number of ether oxygens (including phenoxy) is 1. The van der Waals surface area contributed by atoms with Crippen molar-refractivity contribution in [3.05, 3.63) is 76.1 Å². The summed E-state index contributed by atoms with van der Waals surface area (Å²) in [7, 11) is 1.27. The molecule has 0 saturated heterocycles. The monoisotopic (exact) mass is 402 g/mol. The Morgan fingerprint density at radius 3 is 2.53 bits per heavy atom. The standard InChI is InChI=1S/C24H22N2O4/c1-13-22(24(29)30-3)20(26-23(13)14(2)27)12-21(28)25-17-8-9-19-16(11-17)10-15-6-4-5-7-18(15)19/h4-9,11,26H,10,12H2,1-3H3,(H,25,28). The first-order chi connectivity index (χ1) is 14.4. The van der Waals surface area contributed by atoms with Crippen LogP contribution in [0.15, 0.2) is 42.5 Å². The maximum absolute atomic E-state index is 12.7. The van der Waals surface area contributed by atoms with Gasteiger partial charge in [0.05, 0.1) is 24.8 Å². The Kier molecular flexibility index (Phi) is 4.99. The first kappa shape index (κ1) is 19.6. The van der Waals surface area contributed by atoms with Gasteiger partial charge in [-0.2, -0.15) is 0 Å². The third-order valence-corrected chi connectivity index (χ3v) is 5.48. The van der Waals surface area contributed by atoms with Crippen molar-refractivity contribution in [3.63, 3.8) is 0 Å². The number of hydrogen-bond acceptors (Lipinski definition) is 4.